The summed E-state index contributed by atoms with van der Waals surface area (Å²) in [4.78, 5) is 1.06. The van der Waals surface area contributed by atoms with Crippen molar-refractivity contribution in [2.45, 2.75) is 17.9 Å². The van der Waals surface area contributed by atoms with Gasteiger partial charge >= 0.3 is 0 Å². The molecule has 4 nitrogen and oxygen atoms in total. The van der Waals surface area contributed by atoms with Gasteiger partial charge in [0, 0.05) is 23.3 Å². The molecule has 1 heterocycles. The van der Waals surface area contributed by atoms with Gasteiger partial charge in [0.1, 0.15) is 5.82 Å². The lowest BCUT2D eigenvalue weighted by Gasteiger charge is -2.05. The predicted octanol–water partition coefficient (Wildman–Crippen LogP) is 1.87. The Labute approximate surface area is 121 Å². The van der Waals surface area contributed by atoms with E-state index < -0.39 is 10.0 Å². The highest BCUT2D eigenvalue weighted by Crippen LogP contribution is 2.18. The van der Waals surface area contributed by atoms with Crippen LogP contribution in [-0.2, 0) is 23.0 Å². The fraction of sp³-hybridized carbons (Fsp3) is 0.231. The van der Waals surface area contributed by atoms with Crippen LogP contribution in [0.1, 0.15) is 10.4 Å². The fourth-order valence-electron chi connectivity index (χ4n) is 1.67. The van der Waals surface area contributed by atoms with Crippen LogP contribution in [0.3, 0.4) is 0 Å². The Kier molecular flexibility index (Phi) is 4.87. The second-order valence-corrected chi connectivity index (χ2v) is 6.99. The minimum absolute atomic E-state index is 0.238. The summed E-state index contributed by atoms with van der Waals surface area (Å²) in [6.45, 7) is 0.595. The molecule has 0 unspecified atom stereocenters. The summed E-state index contributed by atoms with van der Waals surface area (Å²) in [6.07, 6.45) is 0.507. The third kappa shape index (κ3) is 3.86. The SMILES string of the molecule is NCc1cc(S(=O)(=O)NCCc2ccc(F)cc2)cs1. The molecule has 0 aliphatic carbocycles. The van der Waals surface area contributed by atoms with Gasteiger partial charge in [-0.05, 0) is 30.2 Å². The summed E-state index contributed by atoms with van der Waals surface area (Å²) in [6, 6.07) is 7.57. The van der Waals surface area contributed by atoms with Crippen LogP contribution in [0.25, 0.3) is 0 Å². The van der Waals surface area contributed by atoms with Crippen molar-refractivity contribution in [3.8, 4) is 0 Å². The van der Waals surface area contributed by atoms with Gasteiger partial charge in [-0.15, -0.1) is 11.3 Å². The van der Waals surface area contributed by atoms with Crippen LogP contribution in [0.5, 0.6) is 0 Å². The van der Waals surface area contributed by atoms with Crippen LogP contribution in [0, 0.1) is 5.82 Å². The van der Waals surface area contributed by atoms with E-state index >= 15 is 0 Å². The van der Waals surface area contributed by atoms with Crippen LogP contribution in [0.15, 0.2) is 40.6 Å². The first-order valence-electron chi connectivity index (χ1n) is 6.03. The number of nitrogens with two attached hydrogens (primary N) is 1. The molecule has 20 heavy (non-hydrogen) atoms. The molecule has 2 rings (SSSR count). The molecule has 108 valence electrons. The molecule has 1 aromatic carbocycles. The Hall–Kier alpha value is -1.28. The van der Waals surface area contributed by atoms with E-state index in [0.29, 0.717) is 13.0 Å². The van der Waals surface area contributed by atoms with E-state index in [1.807, 2.05) is 0 Å². The zero-order valence-corrected chi connectivity index (χ0v) is 12.3. The fourth-order valence-corrected chi connectivity index (χ4v) is 3.86. The van der Waals surface area contributed by atoms with Gasteiger partial charge in [-0.2, -0.15) is 0 Å². The zero-order valence-electron chi connectivity index (χ0n) is 10.7. The lowest BCUT2D eigenvalue weighted by molar-refractivity contribution is 0.581. The molecule has 0 spiro atoms. The first-order valence-corrected chi connectivity index (χ1v) is 8.39. The van der Waals surface area contributed by atoms with Crippen molar-refractivity contribution in [3.05, 3.63) is 52.0 Å². The van der Waals surface area contributed by atoms with E-state index in [1.54, 1.807) is 23.6 Å². The highest BCUT2D eigenvalue weighted by Gasteiger charge is 2.15. The van der Waals surface area contributed by atoms with Crippen LogP contribution >= 0.6 is 11.3 Å². The Bertz CT molecular complexity index is 666. The molecule has 0 amide bonds. The number of halogens is 1. The molecule has 7 heteroatoms. The number of hydrogen-bond donors (Lipinski definition) is 2. The van der Waals surface area contributed by atoms with Gasteiger partial charge in [-0.25, -0.2) is 17.5 Å². The van der Waals surface area contributed by atoms with Gasteiger partial charge in [0.05, 0.1) is 4.90 Å². The summed E-state index contributed by atoms with van der Waals surface area (Å²) in [5.74, 6) is -0.304. The van der Waals surface area contributed by atoms with Crippen molar-refractivity contribution in [3.63, 3.8) is 0 Å². The first-order chi connectivity index (χ1) is 9.51. The van der Waals surface area contributed by atoms with Gasteiger partial charge in [0.2, 0.25) is 10.0 Å². The molecular weight excluding hydrogens is 299 g/mol. The molecule has 0 fully saturated rings. The number of sulfonamides is 1. The standard InChI is InChI=1S/C13H15FN2O2S2/c14-11-3-1-10(2-4-11)5-6-16-20(17,18)13-7-12(8-15)19-9-13/h1-4,7,9,16H,5-6,8,15H2. The summed E-state index contributed by atoms with van der Waals surface area (Å²) < 4.78 is 39.3. The summed E-state index contributed by atoms with van der Waals surface area (Å²) in [5, 5.41) is 1.57. The smallest absolute Gasteiger partial charge is 0.241 e. The predicted molar refractivity (Wildman–Crippen MR) is 77.5 cm³/mol. The Balaban J connectivity index is 1.94. The third-order valence-corrected chi connectivity index (χ3v) is 5.31. The summed E-state index contributed by atoms with van der Waals surface area (Å²) in [7, 11) is -3.50. The molecule has 0 atom stereocenters. The topological polar surface area (TPSA) is 72.2 Å². The second-order valence-electron chi connectivity index (χ2n) is 4.23. The summed E-state index contributed by atoms with van der Waals surface area (Å²) >= 11 is 1.32. The second kappa shape index (κ2) is 6.45. The number of benzene rings is 1. The van der Waals surface area contributed by atoms with Gasteiger partial charge < -0.3 is 5.73 Å². The lowest BCUT2D eigenvalue weighted by atomic mass is 10.1. The van der Waals surface area contributed by atoms with Crippen molar-refractivity contribution in [2.75, 3.05) is 6.54 Å². The normalized spacial score (nSPS) is 11.7. The van der Waals surface area contributed by atoms with E-state index in [-0.39, 0.29) is 17.3 Å². The Morgan fingerprint density at radius 1 is 1.25 bits per heavy atom. The van der Waals surface area contributed by atoms with Gasteiger partial charge in [-0.3, -0.25) is 0 Å². The monoisotopic (exact) mass is 314 g/mol. The van der Waals surface area contributed by atoms with Gasteiger partial charge in [0.15, 0.2) is 0 Å². The molecule has 0 radical (unpaired) electrons. The maximum Gasteiger partial charge on any atom is 0.241 e. The molecular formula is C13H15FN2O2S2. The highest BCUT2D eigenvalue weighted by molar-refractivity contribution is 7.89. The molecule has 0 aliphatic heterocycles. The Morgan fingerprint density at radius 2 is 1.95 bits per heavy atom. The van der Waals surface area contributed by atoms with Crippen LogP contribution in [0.4, 0.5) is 4.39 Å². The third-order valence-electron chi connectivity index (χ3n) is 2.76. The highest BCUT2D eigenvalue weighted by atomic mass is 32.2. The van der Waals surface area contributed by atoms with Crippen molar-refractivity contribution >= 4 is 21.4 Å². The molecule has 1 aromatic heterocycles. The number of rotatable bonds is 6. The van der Waals surface area contributed by atoms with Crippen LogP contribution < -0.4 is 10.5 Å². The van der Waals surface area contributed by atoms with Crippen molar-refractivity contribution < 1.29 is 12.8 Å². The minimum atomic E-state index is -3.50. The van der Waals surface area contributed by atoms with E-state index in [0.717, 1.165) is 10.4 Å². The van der Waals surface area contributed by atoms with E-state index in [1.165, 1.54) is 23.5 Å². The van der Waals surface area contributed by atoms with Gasteiger partial charge in [0.25, 0.3) is 0 Å². The van der Waals surface area contributed by atoms with E-state index in [4.69, 9.17) is 5.73 Å². The molecule has 0 bridgehead atoms. The number of hydrogen-bond acceptors (Lipinski definition) is 4. The molecule has 3 N–H and O–H groups in total. The molecule has 2 aromatic rings. The maximum absolute atomic E-state index is 12.7. The molecule has 0 saturated heterocycles. The quantitative estimate of drug-likeness (QED) is 0.855. The average molecular weight is 314 g/mol. The van der Waals surface area contributed by atoms with Crippen LogP contribution in [-0.4, -0.2) is 15.0 Å². The largest absolute Gasteiger partial charge is 0.326 e. The van der Waals surface area contributed by atoms with E-state index in [2.05, 4.69) is 4.72 Å². The maximum atomic E-state index is 12.7. The lowest BCUT2D eigenvalue weighted by Crippen LogP contribution is -2.25. The number of nitrogens with one attached hydrogen (secondary N) is 1. The molecule has 0 saturated carbocycles. The minimum Gasteiger partial charge on any atom is -0.326 e. The number of thiophene rings is 1. The first kappa shape index (κ1) is 15.1. The summed E-state index contributed by atoms with van der Waals surface area (Å²) in [5.41, 5.74) is 6.34. The van der Waals surface area contributed by atoms with Crippen molar-refractivity contribution in [1.82, 2.24) is 4.72 Å². The Morgan fingerprint density at radius 3 is 2.55 bits per heavy atom. The van der Waals surface area contributed by atoms with Gasteiger partial charge in [-0.1, -0.05) is 12.1 Å². The zero-order chi connectivity index (χ0) is 14.6. The van der Waals surface area contributed by atoms with Crippen LogP contribution in [0.2, 0.25) is 0 Å². The van der Waals surface area contributed by atoms with Crippen molar-refractivity contribution in [1.29, 1.82) is 0 Å². The molecule has 0 aliphatic rings. The van der Waals surface area contributed by atoms with Crippen molar-refractivity contribution in [2.24, 2.45) is 5.73 Å². The van der Waals surface area contributed by atoms with E-state index in [9.17, 15) is 12.8 Å². The average Bonchev–Trinajstić information content (AvgIpc) is 2.90.